The van der Waals surface area contributed by atoms with E-state index >= 15 is 0 Å². The Morgan fingerprint density at radius 3 is 1.76 bits per heavy atom. The van der Waals surface area contributed by atoms with E-state index in [1.807, 2.05) is 6.92 Å². The zero-order valence-electron chi connectivity index (χ0n) is 12.7. The Hall–Kier alpha value is -1.70. The van der Waals surface area contributed by atoms with Gasteiger partial charge in [0.05, 0.1) is 11.4 Å². The van der Waals surface area contributed by atoms with Gasteiger partial charge in [0.1, 0.15) is 12.5 Å². The number of aliphatic hydroxyl groups is 2. The molecule has 1 aromatic rings. The van der Waals surface area contributed by atoms with E-state index in [9.17, 15) is 20.4 Å². The lowest BCUT2D eigenvalue weighted by atomic mass is 9.97. The molecule has 7 heteroatoms. The van der Waals surface area contributed by atoms with Crippen molar-refractivity contribution in [3.8, 4) is 11.5 Å². The van der Waals surface area contributed by atoms with E-state index in [4.69, 9.17) is 11.5 Å². The van der Waals surface area contributed by atoms with Gasteiger partial charge < -0.3 is 31.9 Å². The highest BCUT2D eigenvalue weighted by Gasteiger charge is 2.24. The Bertz CT molecular complexity index is 496. The van der Waals surface area contributed by atoms with E-state index in [0.717, 1.165) is 6.42 Å². The van der Waals surface area contributed by atoms with Crippen molar-refractivity contribution in [1.82, 2.24) is 4.90 Å². The lowest BCUT2D eigenvalue weighted by Crippen LogP contribution is -2.39. The highest BCUT2D eigenvalue weighted by atomic mass is 16.3. The molecule has 0 radical (unpaired) electrons. The van der Waals surface area contributed by atoms with E-state index in [-0.39, 0.29) is 17.9 Å². The van der Waals surface area contributed by atoms with Gasteiger partial charge in [-0.15, -0.1) is 0 Å². The summed E-state index contributed by atoms with van der Waals surface area (Å²) in [6, 6.07) is 0. The van der Waals surface area contributed by atoms with Crippen LogP contribution in [0.3, 0.4) is 0 Å². The smallest absolute Gasteiger partial charge is 0.183 e. The van der Waals surface area contributed by atoms with Crippen molar-refractivity contribution in [2.75, 3.05) is 11.5 Å². The van der Waals surface area contributed by atoms with Crippen molar-refractivity contribution in [3.63, 3.8) is 0 Å². The minimum absolute atomic E-state index is 0.0106. The molecule has 0 heterocycles. The Kier molecular flexibility index (Phi) is 5.65. The molecule has 0 aliphatic carbocycles. The second kappa shape index (κ2) is 6.84. The van der Waals surface area contributed by atoms with Crippen LogP contribution in [0.5, 0.6) is 11.5 Å². The Morgan fingerprint density at radius 1 is 0.952 bits per heavy atom. The fourth-order valence-corrected chi connectivity index (χ4v) is 2.34. The minimum atomic E-state index is -0.906. The van der Waals surface area contributed by atoms with Crippen molar-refractivity contribution in [1.29, 1.82) is 0 Å². The van der Waals surface area contributed by atoms with E-state index in [2.05, 4.69) is 0 Å². The van der Waals surface area contributed by atoms with Crippen LogP contribution in [-0.4, -0.2) is 37.8 Å². The van der Waals surface area contributed by atoms with Gasteiger partial charge in [0.15, 0.2) is 11.5 Å². The fourth-order valence-electron chi connectivity index (χ4n) is 2.34. The Labute approximate surface area is 124 Å². The van der Waals surface area contributed by atoms with Gasteiger partial charge in [0, 0.05) is 6.54 Å². The van der Waals surface area contributed by atoms with Crippen LogP contribution in [0.15, 0.2) is 0 Å². The Balaban J connectivity index is 3.39. The number of phenolic OH excluding ortho intramolecular Hbond substituents is 2. The summed E-state index contributed by atoms with van der Waals surface area (Å²) < 4.78 is 0. The SMILES string of the molecule is CCCc1c(N)c(O)c(O)c(N)c1CN(C(C)O)C(C)O. The number of hydrogen-bond acceptors (Lipinski definition) is 7. The summed E-state index contributed by atoms with van der Waals surface area (Å²) in [6.07, 6.45) is -0.483. The largest absolute Gasteiger partial charge is 0.503 e. The first-order chi connectivity index (χ1) is 9.72. The van der Waals surface area contributed by atoms with Crippen LogP contribution in [0.4, 0.5) is 11.4 Å². The first-order valence-corrected chi connectivity index (χ1v) is 6.94. The molecule has 8 N–H and O–H groups in total. The molecule has 0 aliphatic rings. The topological polar surface area (TPSA) is 136 Å². The van der Waals surface area contributed by atoms with Crippen LogP contribution < -0.4 is 11.5 Å². The van der Waals surface area contributed by atoms with Gasteiger partial charge in [-0.2, -0.15) is 0 Å². The third-order valence-corrected chi connectivity index (χ3v) is 3.55. The number of nitrogen functional groups attached to an aromatic ring is 2. The van der Waals surface area contributed by atoms with Gasteiger partial charge in [-0.05, 0) is 31.4 Å². The quantitative estimate of drug-likeness (QED) is 0.258. The molecule has 120 valence electrons. The van der Waals surface area contributed by atoms with Crippen LogP contribution in [0.2, 0.25) is 0 Å². The van der Waals surface area contributed by atoms with Gasteiger partial charge in [0.25, 0.3) is 0 Å². The maximum atomic E-state index is 9.85. The predicted molar refractivity (Wildman–Crippen MR) is 81.5 cm³/mol. The lowest BCUT2D eigenvalue weighted by Gasteiger charge is -2.30. The summed E-state index contributed by atoms with van der Waals surface area (Å²) in [5, 5.41) is 39.1. The van der Waals surface area contributed by atoms with Crippen molar-refractivity contribution in [3.05, 3.63) is 11.1 Å². The van der Waals surface area contributed by atoms with E-state index in [0.29, 0.717) is 17.5 Å². The average Bonchev–Trinajstić information content (AvgIpc) is 2.41. The predicted octanol–water partition coefficient (Wildman–Crippen LogP) is 0.693. The molecule has 0 bridgehead atoms. The maximum absolute atomic E-state index is 9.85. The van der Waals surface area contributed by atoms with Crippen LogP contribution >= 0.6 is 0 Å². The van der Waals surface area contributed by atoms with E-state index < -0.39 is 24.0 Å². The summed E-state index contributed by atoms with van der Waals surface area (Å²) in [6.45, 7) is 5.09. The number of anilines is 2. The standard InChI is InChI=1S/C14H25N3O4/c1-4-5-9-10(6-17(7(2)18)8(3)19)12(16)14(21)13(20)11(9)15/h7-8,18-21H,4-6,15-16H2,1-3H3. The van der Waals surface area contributed by atoms with Gasteiger partial charge in [-0.3, -0.25) is 0 Å². The van der Waals surface area contributed by atoms with Crippen LogP contribution in [0.25, 0.3) is 0 Å². The maximum Gasteiger partial charge on any atom is 0.183 e. The van der Waals surface area contributed by atoms with Crippen LogP contribution in [0, 0.1) is 0 Å². The van der Waals surface area contributed by atoms with E-state index in [1.54, 1.807) is 0 Å². The first-order valence-electron chi connectivity index (χ1n) is 6.94. The number of benzene rings is 1. The lowest BCUT2D eigenvalue weighted by molar-refractivity contribution is -0.0897. The molecule has 0 aliphatic heterocycles. The fraction of sp³-hybridized carbons (Fsp3) is 0.571. The van der Waals surface area contributed by atoms with Crippen LogP contribution in [-0.2, 0) is 13.0 Å². The number of hydrogen-bond donors (Lipinski definition) is 6. The molecule has 2 atom stereocenters. The first kappa shape index (κ1) is 17.4. The molecule has 0 saturated heterocycles. The van der Waals surface area contributed by atoms with Crippen molar-refractivity contribution in [2.24, 2.45) is 0 Å². The second-order valence-corrected chi connectivity index (χ2v) is 5.17. The van der Waals surface area contributed by atoms with Gasteiger partial charge >= 0.3 is 0 Å². The number of aromatic hydroxyl groups is 2. The molecule has 1 rings (SSSR count). The highest BCUT2D eigenvalue weighted by molar-refractivity contribution is 5.77. The van der Waals surface area contributed by atoms with Crippen LogP contribution in [0.1, 0.15) is 38.3 Å². The summed E-state index contributed by atoms with van der Waals surface area (Å²) in [5.74, 6) is -0.904. The summed E-state index contributed by atoms with van der Waals surface area (Å²) >= 11 is 0. The molecular weight excluding hydrogens is 274 g/mol. The van der Waals surface area contributed by atoms with Crippen molar-refractivity contribution in [2.45, 2.75) is 52.6 Å². The molecule has 0 spiro atoms. The van der Waals surface area contributed by atoms with Gasteiger partial charge in [0.2, 0.25) is 0 Å². The van der Waals surface area contributed by atoms with E-state index in [1.165, 1.54) is 18.7 Å². The van der Waals surface area contributed by atoms with Crippen molar-refractivity contribution >= 4 is 11.4 Å². The molecule has 0 saturated carbocycles. The molecule has 21 heavy (non-hydrogen) atoms. The Morgan fingerprint density at radius 2 is 1.38 bits per heavy atom. The van der Waals surface area contributed by atoms with Gasteiger partial charge in [-0.1, -0.05) is 13.3 Å². The minimum Gasteiger partial charge on any atom is -0.503 e. The molecule has 1 aromatic carbocycles. The summed E-state index contributed by atoms with van der Waals surface area (Å²) in [7, 11) is 0. The zero-order valence-corrected chi connectivity index (χ0v) is 12.7. The molecule has 7 nitrogen and oxygen atoms in total. The summed E-state index contributed by atoms with van der Waals surface area (Å²) in [4.78, 5) is 1.39. The second-order valence-electron chi connectivity index (χ2n) is 5.17. The normalized spacial score (nSPS) is 14.4. The number of phenols is 2. The zero-order chi connectivity index (χ0) is 16.3. The third kappa shape index (κ3) is 3.49. The summed E-state index contributed by atoms with van der Waals surface area (Å²) in [5.41, 5.74) is 13.0. The molecular formula is C14H25N3O4. The average molecular weight is 299 g/mol. The number of nitrogens with zero attached hydrogens (tertiary/aromatic N) is 1. The molecule has 0 amide bonds. The number of nitrogens with two attached hydrogens (primary N) is 2. The molecule has 0 fully saturated rings. The molecule has 0 aromatic heterocycles. The highest BCUT2D eigenvalue weighted by Crippen LogP contribution is 2.43. The van der Waals surface area contributed by atoms with Gasteiger partial charge in [-0.25, -0.2) is 4.90 Å². The monoisotopic (exact) mass is 299 g/mol. The number of rotatable bonds is 6. The molecule has 2 unspecified atom stereocenters. The third-order valence-electron chi connectivity index (χ3n) is 3.55. The van der Waals surface area contributed by atoms with Crippen molar-refractivity contribution < 1.29 is 20.4 Å². The number of aliphatic hydroxyl groups excluding tert-OH is 2.